The lowest BCUT2D eigenvalue weighted by Gasteiger charge is -2.29. The van der Waals surface area contributed by atoms with Gasteiger partial charge in [0.15, 0.2) is 5.11 Å². The highest BCUT2D eigenvalue weighted by Gasteiger charge is 2.39. The van der Waals surface area contributed by atoms with Gasteiger partial charge in [-0.3, -0.25) is 24.6 Å². The van der Waals surface area contributed by atoms with Crippen LogP contribution in [0.2, 0.25) is 0 Å². The second-order valence-electron chi connectivity index (χ2n) is 7.02. The van der Waals surface area contributed by atoms with Gasteiger partial charge in [0.1, 0.15) is 5.57 Å². The molecule has 0 bridgehead atoms. The number of benzene rings is 2. The lowest BCUT2D eigenvalue weighted by atomic mass is 9.98. The Labute approximate surface area is 178 Å². The fourth-order valence-corrected chi connectivity index (χ4v) is 3.58. The molecule has 0 aromatic heterocycles. The van der Waals surface area contributed by atoms with Crippen molar-refractivity contribution in [2.45, 2.75) is 13.8 Å². The Hall–Kier alpha value is -3.65. The van der Waals surface area contributed by atoms with Gasteiger partial charge in [-0.05, 0) is 56.4 Å². The maximum absolute atomic E-state index is 13.1. The number of hydrazone groups is 1. The molecule has 30 heavy (non-hydrogen) atoms. The third-order valence-electron chi connectivity index (χ3n) is 4.91. The quantitative estimate of drug-likeness (QED) is 0.472. The Morgan fingerprint density at radius 3 is 2.30 bits per heavy atom. The summed E-state index contributed by atoms with van der Waals surface area (Å²) in [6.07, 6.45) is 1.37. The van der Waals surface area contributed by atoms with E-state index in [1.807, 2.05) is 25.1 Å². The molecule has 0 aliphatic carbocycles. The van der Waals surface area contributed by atoms with Gasteiger partial charge in [-0.25, -0.2) is 0 Å². The summed E-state index contributed by atoms with van der Waals surface area (Å²) in [6.45, 7) is 3.62. The highest BCUT2D eigenvalue weighted by atomic mass is 32.1. The molecule has 0 unspecified atom stereocenters. The molecule has 2 aromatic carbocycles. The predicted molar refractivity (Wildman–Crippen MR) is 118 cm³/mol. The standard InChI is InChI=1S/C22H18N4O3S/c1-13-8-10-15(11-9-13)25-20(28)18(19(27)23-22(25)30)12-17-14(2)24-26(21(17)29)16-6-4-3-5-7-16/h3-12,17H,1-2H3,(H,23,27,30)/b18-12-/t17-/m0/s1. The minimum absolute atomic E-state index is 0.0000487. The average molecular weight is 418 g/mol. The van der Waals surface area contributed by atoms with Crippen LogP contribution in [0.5, 0.6) is 0 Å². The van der Waals surface area contributed by atoms with Gasteiger partial charge in [0, 0.05) is 0 Å². The van der Waals surface area contributed by atoms with Crippen LogP contribution in [0.25, 0.3) is 0 Å². The number of nitrogens with zero attached hydrogens (tertiary/aromatic N) is 3. The fourth-order valence-electron chi connectivity index (χ4n) is 3.30. The van der Waals surface area contributed by atoms with Crippen LogP contribution in [0, 0.1) is 12.8 Å². The zero-order valence-electron chi connectivity index (χ0n) is 16.3. The predicted octanol–water partition coefficient (Wildman–Crippen LogP) is 2.71. The molecule has 2 aliphatic rings. The first-order valence-corrected chi connectivity index (χ1v) is 9.70. The Morgan fingerprint density at radius 1 is 0.967 bits per heavy atom. The van der Waals surface area contributed by atoms with Crippen LogP contribution < -0.4 is 15.2 Å². The number of amides is 3. The van der Waals surface area contributed by atoms with E-state index in [4.69, 9.17) is 12.2 Å². The normalized spacial score (nSPS) is 20.7. The van der Waals surface area contributed by atoms with Gasteiger partial charge < -0.3 is 0 Å². The third-order valence-corrected chi connectivity index (χ3v) is 5.20. The molecule has 1 fully saturated rings. The van der Waals surface area contributed by atoms with Crippen molar-refractivity contribution in [2.75, 3.05) is 9.91 Å². The van der Waals surface area contributed by atoms with Gasteiger partial charge in [-0.2, -0.15) is 10.1 Å². The molecule has 1 saturated heterocycles. The van der Waals surface area contributed by atoms with E-state index in [1.54, 1.807) is 43.3 Å². The minimum atomic E-state index is -0.818. The van der Waals surface area contributed by atoms with Crippen molar-refractivity contribution < 1.29 is 14.4 Å². The zero-order chi connectivity index (χ0) is 21.4. The molecule has 7 nitrogen and oxygen atoms in total. The second kappa shape index (κ2) is 7.64. The van der Waals surface area contributed by atoms with Crippen molar-refractivity contribution in [3.05, 3.63) is 71.8 Å². The number of aryl methyl sites for hydroxylation is 1. The van der Waals surface area contributed by atoms with Crippen molar-refractivity contribution in [3.63, 3.8) is 0 Å². The molecule has 3 amide bonds. The summed E-state index contributed by atoms with van der Waals surface area (Å²) in [7, 11) is 0. The SMILES string of the molecule is CC1=NN(c2ccccc2)C(=O)[C@H]1/C=C1/C(=O)NC(=S)N(c2ccc(C)cc2)C1=O. The first-order valence-electron chi connectivity index (χ1n) is 9.29. The van der Waals surface area contributed by atoms with Crippen LogP contribution >= 0.6 is 12.2 Å². The van der Waals surface area contributed by atoms with E-state index in [9.17, 15) is 14.4 Å². The number of para-hydroxylation sites is 1. The molecule has 0 spiro atoms. The van der Waals surface area contributed by atoms with E-state index in [0.717, 1.165) is 5.56 Å². The molecule has 1 atom stereocenters. The molecule has 8 heteroatoms. The van der Waals surface area contributed by atoms with Crippen molar-refractivity contribution in [1.82, 2.24) is 5.32 Å². The van der Waals surface area contributed by atoms with E-state index in [0.29, 0.717) is 17.1 Å². The summed E-state index contributed by atoms with van der Waals surface area (Å²) in [5.41, 5.74) is 2.53. The summed E-state index contributed by atoms with van der Waals surface area (Å²) >= 11 is 5.21. The van der Waals surface area contributed by atoms with E-state index in [2.05, 4.69) is 10.4 Å². The van der Waals surface area contributed by atoms with Crippen molar-refractivity contribution in [1.29, 1.82) is 0 Å². The largest absolute Gasteiger partial charge is 0.298 e. The van der Waals surface area contributed by atoms with Gasteiger partial charge in [-0.1, -0.05) is 35.9 Å². The molecule has 0 radical (unpaired) electrons. The Morgan fingerprint density at radius 2 is 1.63 bits per heavy atom. The lowest BCUT2D eigenvalue weighted by Crippen LogP contribution is -2.54. The van der Waals surface area contributed by atoms with Crippen LogP contribution in [0.4, 0.5) is 11.4 Å². The lowest BCUT2D eigenvalue weighted by molar-refractivity contribution is -0.122. The summed E-state index contributed by atoms with van der Waals surface area (Å²) in [5, 5.41) is 8.13. The third kappa shape index (κ3) is 3.42. The highest BCUT2D eigenvalue weighted by Crippen LogP contribution is 2.27. The number of thiocarbonyl (C=S) groups is 1. The number of hydrogen-bond acceptors (Lipinski definition) is 5. The van der Waals surface area contributed by atoms with Crippen LogP contribution in [-0.2, 0) is 14.4 Å². The first kappa shape index (κ1) is 19.7. The van der Waals surface area contributed by atoms with E-state index >= 15 is 0 Å². The number of rotatable bonds is 3. The van der Waals surface area contributed by atoms with Gasteiger partial charge in [0.05, 0.1) is 23.0 Å². The number of nitrogens with one attached hydrogen (secondary N) is 1. The summed E-state index contributed by atoms with van der Waals surface area (Å²) in [5.74, 6) is -2.36. The highest BCUT2D eigenvalue weighted by molar-refractivity contribution is 7.80. The van der Waals surface area contributed by atoms with Crippen molar-refractivity contribution in [3.8, 4) is 0 Å². The number of hydrogen-bond donors (Lipinski definition) is 1. The van der Waals surface area contributed by atoms with Crippen molar-refractivity contribution >= 4 is 52.1 Å². The maximum atomic E-state index is 13.1. The van der Waals surface area contributed by atoms with Gasteiger partial charge in [0.25, 0.3) is 17.7 Å². The monoisotopic (exact) mass is 418 g/mol. The fraction of sp³-hybridized carbons (Fsp3) is 0.136. The summed E-state index contributed by atoms with van der Waals surface area (Å²) in [6, 6.07) is 16.2. The van der Waals surface area contributed by atoms with Gasteiger partial charge in [-0.15, -0.1) is 0 Å². The number of anilines is 2. The smallest absolute Gasteiger partial charge is 0.269 e. The molecular weight excluding hydrogens is 400 g/mol. The van der Waals surface area contributed by atoms with Crippen molar-refractivity contribution in [2.24, 2.45) is 11.0 Å². The molecular formula is C22H18N4O3S. The number of carbonyl (C=O) groups excluding carboxylic acids is 3. The molecule has 2 aliphatic heterocycles. The first-order chi connectivity index (χ1) is 14.4. The topological polar surface area (TPSA) is 82.1 Å². The Kier molecular flexibility index (Phi) is 5.01. The minimum Gasteiger partial charge on any atom is -0.298 e. The summed E-state index contributed by atoms with van der Waals surface area (Å²) in [4.78, 5) is 39.8. The Balaban J connectivity index is 1.67. The zero-order valence-corrected chi connectivity index (χ0v) is 17.1. The molecule has 4 rings (SSSR count). The van der Waals surface area contributed by atoms with Crippen LogP contribution in [-0.4, -0.2) is 28.5 Å². The van der Waals surface area contributed by atoms with Gasteiger partial charge >= 0.3 is 0 Å². The molecule has 0 saturated carbocycles. The molecule has 150 valence electrons. The van der Waals surface area contributed by atoms with Crippen LogP contribution in [0.1, 0.15) is 12.5 Å². The van der Waals surface area contributed by atoms with Gasteiger partial charge in [0.2, 0.25) is 0 Å². The number of carbonyl (C=O) groups is 3. The molecule has 2 aromatic rings. The van der Waals surface area contributed by atoms with Crippen LogP contribution in [0.3, 0.4) is 0 Å². The average Bonchev–Trinajstić information content (AvgIpc) is 3.01. The van der Waals surface area contributed by atoms with E-state index < -0.39 is 17.7 Å². The van der Waals surface area contributed by atoms with E-state index in [-0.39, 0.29) is 16.6 Å². The molecule has 1 N–H and O–H groups in total. The second-order valence-corrected chi connectivity index (χ2v) is 7.41. The molecule has 2 heterocycles. The maximum Gasteiger partial charge on any atom is 0.269 e. The Bertz CT molecular complexity index is 1120. The summed E-state index contributed by atoms with van der Waals surface area (Å²) < 4.78 is 0. The van der Waals surface area contributed by atoms with Crippen LogP contribution in [0.15, 0.2) is 71.3 Å². The van der Waals surface area contributed by atoms with E-state index in [1.165, 1.54) is 16.0 Å².